The molecular formula is C16H15BN4O3. The van der Waals surface area contributed by atoms with Crippen LogP contribution < -0.4 is 10.5 Å². The highest BCUT2D eigenvalue weighted by molar-refractivity contribution is 6.61. The Morgan fingerprint density at radius 1 is 1.38 bits per heavy atom. The van der Waals surface area contributed by atoms with Crippen molar-refractivity contribution in [2.24, 2.45) is 5.10 Å². The second-order valence-corrected chi connectivity index (χ2v) is 5.42. The number of nitrogens with zero attached hydrogens (tertiary/aromatic N) is 4. The summed E-state index contributed by atoms with van der Waals surface area (Å²) in [7, 11) is -0.825. The third-order valence-electron chi connectivity index (χ3n) is 3.96. The van der Waals surface area contributed by atoms with Crippen molar-refractivity contribution in [3.63, 3.8) is 0 Å². The van der Waals surface area contributed by atoms with E-state index in [2.05, 4.69) is 15.1 Å². The van der Waals surface area contributed by atoms with Crippen molar-refractivity contribution in [3.05, 3.63) is 48.0 Å². The van der Waals surface area contributed by atoms with Crippen molar-refractivity contribution in [3.8, 4) is 0 Å². The first-order valence-corrected chi connectivity index (χ1v) is 7.68. The monoisotopic (exact) mass is 322 g/mol. The summed E-state index contributed by atoms with van der Waals surface area (Å²) in [5.74, 6) is 0.701. The second-order valence-electron chi connectivity index (χ2n) is 5.42. The van der Waals surface area contributed by atoms with Crippen LogP contribution in [0, 0.1) is 0 Å². The minimum atomic E-state index is -0.825. The quantitative estimate of drug-likeness (QED) is 0.443. The van der Waals surface area contributed by atoms with Crippen LogP contribution in [0.4, 0.5) is 5.82 Å². The zero-order valence-electron chi connectivity index (χ0n) is 13.1. The lowest BCUT2D eigenvalue weighted by atomic mass is 9.79. The number of anilines is 1. The van der Waals surface area contributed by atoms with Crippen molar-refractivity contribution < 1.29 is 14.1 Å². The molecule has 0 bridgehead atoms. The van der Waals surface area contributed by atoms with Crippen LogP contribution >= 0.6 is 0 Å². The summed E-state index contributed by atoms with van der Waals surface area (Å²) in [5, 5.41) is 16.8. The van der Waals surface area contributed by atoms with E-state index in [9.17, 15) is 5.02 Å². The number of hydrazone groups is 1. The lowest BCUT2D eigenvalue weighted by molar-refractivity contribution is 0.275. The van der Waals surface area contributed by atoms with Gasteiger partial charge in [-0.25, -0.2) is 15.0 Å². The SMILES string of the molecule is CCN(/N=C/c1ccc2c(c1)COB2O)c1ncnc2occc12. The van der Waals surface area contributed by atoms with Crippen LogP contribution in [-0.2, 0) is 11.3 Å². The number of hydrogen-bond acceptors (Lipinski definition) is 7. The fourth-order valence-corrected chi connectivity index (χ4v) is 2.74. The molecular weight excluding hydrogens is 307 g/mol. The molecule has 0 saturated carbocycles. The van der Waals surface area contributed by atoms with E-state index in [1.807, 2.05) is 31.2 Å². The van der Waals surface area contributed by atoms with Gasteiger partial charge in [-0.3, -0.25) is 0 Å². The Kier molecular flexibility index (Phi) is 3.76. The first-order chi connectivity index (χ1) is 11.8. The van der Waals surface area contributed by atoms with Gasteiger partial charge in [0.25, 0.3) is 0 Å². The van der Waals surface area contributed by atoms with Gasteiger partial charge in [0, 0.05) is 6.54 Å². The molecule has 0 fully saturated rings. The summed E-state index contributed by atoms with van der Waals surface area (Å²) in [6, 6.07) is 7.57. The Bertz CT molecular complexity index is 911. The van der Waals surface area contributed by atoms with Gasteiger partial charge in [-0.05, 0) is 35.6 Å². The maximum absolute atomic E-state index is 9.67. The van der Waals surface area contributed by atoms with E-state index < -0.39 is 7.12 Å². The average molecular weight is 322 g/mol. The van der Waals surface area contributed by atoms with Crippen molar-refractivity contribution in [2.75, 3.05) is 11.6 Å². The predicted molar refractivity (Wildman–Crippen MR) is 91.3 cm³/mol. The van der Waals surface area contributed by atoms with Crippen molar-refractivity contribution >= 4 is 35.7 Å². The summed E-state index contributed by atoms with van der Waals surface area (Å²) in [6.45, 7) is 3.07. The number of rotatable bonds is 4. The van der Waals surface area contributed by atoms with E-state index in [-0.39, 0.29) is 0 Å². The van der Waals surface area contributed by atoms with Crippen molar-refractivity contribution in [1.29, 1.82) is 0 Å². The molecule has 120 valence electrons. The highest BCUT2D eigenvalue weighted by atomic mass is 16.5. The zero-order chi connectivity index (χ0) is 16.5. The molecule has 2 aromatic heterocycles. The van der Waals surface area contributed by atoms with Gasteiger partial charge in [-0.15, -0.1) is 0 Å². The highest BCUT2D eigenvalue weighted by Gasteiger charge is 2.26. The van der Waals surface area contributed by atoms with E-state index in [1.54, 1.807) is 17.5 Å². The molecule has 1 aliphatic heterocycles. The standard InChI is InChI=1S/C16H15BN4O3/c1-2-21(15-13-5-6-23-16(13)19-10-18-15)20-8-11-3-4-14-12(7-11)9-24-17(14)22/h3-8,10,22H,2,9H2,1H3/b20-8+. The van der Waals surface area contributed by atoms with Gasteiger partial charge in [0.05, 0.1) is 24.5 Å². The molecule has 0 radical (unpaired) electrons. The third kappa shape index (κ3) is 2.55. The largest absolute Gasteiger partial charge is 0.491 e. The van der Waals surface area contributed by atoms with Crippen LogP contribution in [0.5, 0.6) is 0 Å². The molecule has 7 nitrogen and oxygen atoms in total. The molecule has 0 unspecified atom stereocenters. The zero-order valence-corrected chi connectivity index (χ0v) is 13.1. The Balaban J connectivity index is 1.63. The summed E-state index contributed by atoms with van der Waals surface area (Å²) in [5.41, 5.74) is 3.27. The molecule has 4 rings (SSSR count). The van der Waals surface area contributed by atoms with E-state index in [0.717, 1.165) is 22.0 Å². The van der Waals surface area contributed by atoms with Crippen molar-refractivity contribution in [1.82, 2.24) is 9.97 Å². The molecule has 0 amide bonds. The maximum Gasteiger partial charge on any atom is 0.491 e. The Labute approximate surface area is 138 Å². The Morgan fingerprint density at radius 2 is 2.29 bits per heavy atom. The lowest BCUT2D eigenvalue weighted by Gasteiger charge is -2.15. The Morgan fingerprint density at radius 3 is 3.17 bits per heavy atom. The smallest absolute Gasteiger partial charge is 0.446 e. The Hall–Kier alpha value is -2.71. The predicted octanol–water partition coefficient (Wildman–Crippen LogP) is 1.30. The van der Waals surface area contributed by atoms with Crippen LogP contribution in [0.2, 0.25) is 0 Å². The van der Waals surface area contributed by atoms with Crippen molar-refractivity contribution in [2.45, 2.75) is 13.5 Å². The van der Waals surface area contributed by atoms with Gasteiger partial charge in [-0.1, -0.05) is 12.1 Å². The van der Waals surface area contributed by atoms with Crippen LogP contribution in [0.3, 0.4) is 0 Å². The summed E-state index contributed by atoms with van der Waals surface area (Å²) in [6.07, 6.45) is 4.82. The minimum Gasteiger partial charge on any atom is -0.446 e. The topological polar surface area (TPSA) is 84.0 Å². The molecule has 0 aliphatic carbocycles. The molecule has 3 aromatic rings. The van der Waals surface area contributed by atoms with E-state index in [4.69, 9.17) is 9.07 Å². The molecule has 1 aromatic carbocycles. The van der Waals surface area contributed by atoms with Gasteiger partial charge in [0.15, 0.2) is 5.82 Å². The fourth-order valence-electron chi connectivity index (χ4n) is 2.74. The lowest BCUT2D eigenvalue weighted by Crippen LogP contribution is -2.27. The van der Waals surface area contributed by atoms with Gasteiger partial charge < -0.3 is 14.1 Å². The van der Waals surface area contributed by atoms with Gasteiger partial charge in [0.1, 0.15) is 6.33 Å². The van der Waals surface area contributed by atoms with E-state index in [1.165, 1.54) is 6.33 Å². The first kappa shape index (κ1) is 14.9. The molecule has 0 atom stereocenters. The van der Waals surface area contributed by atoms with Gasteiger partial charge >= 0.3 is 7.12 Å². The van der Waals surface area contributed by atoms with Crippen LogP contribution in [0.1, 0.15) is 18.1 Å². The second kappa shape index (κ2) is 6.07. The van der Waals surface area contributed by atoms with Gasteiger partial charge in [0.2, 0.25) is 5.71 Å². The van der Waals surface area contributed by atoms with Crippen LogP contribution in [-0.4, -0.2) is 34.9 Å². The average Bonchev–Trinajstić information content (AvgIpc) is 3.22. The number of benzene rings is 1. The molecule has 0 spiro atoms. The molecule has 24 heavy (non-hydrogen) atoms. The van der Waals surface area contributed by atoms with Crippen LogP contribution in [0.15, 0.2) is 46.4 Å². The normalized spacial score (nSPS) is 13.8. The van der Waals surface area contributed by atoms with E-state index in [0.29, 0.717) is 24.7 Å². The molecule has 0 saturated heterocycles. The maximum atomic E-state index is 9.67. The number of aromatic nitrogens is 2. The molecule has 3 heterocycles. The number of hydrogen-bond donors (Lipinski definition) is 1. The summed E-state index contributed by atoms with van der Waals surface area (Å²) >= 11 is 0. The molecule has 8 heteroatoms. The third-order valence-corrected chi connectivity index (χ3v) is 3.96. The molecule has 1 N–H and O–H groups in total. The van der Waals surface area contributed by atoms with Gasteiger partial charge in [-0.2, -0.15) is 5.10 Å². The summed E-state index contributed by atoms with van der Waals surface area (Å²) in [4.78, 5) is 8.41. The number of furan rings is 1. The summed E-state index contributed by atoms with van der Waals surface area (Å²) < 4.78 is 10.5. The van der Waals surface area contributed by atoms with E-state index >= 15 is 0 Å². The highest BCUT2D eigenvalue weighted by Crippen LogP contribution is 2.23. The fraction of sp³-hybridized carbons (Fsp3) is 0.188. The number of fused-ring (bicyclic) bond motifs is 2. The first-order valence-electron chi connectivity index (χ1n) is 7.68. The minimum absolute atomic E-state index is 0.414. The van der Waals surface area contributed by atoms with Crippen LogP contribution in [0.25, 0.3) is 11.1 Å². The molecule has 1 aliphatic rings.